The van der Waals surface area contributed by atoms with Gasteiger partial charge in [0.05, 0.1) is 5.56 Å². The molecule has 124 valence electrons. The average molecular weight is 317 g/mol. The van der Waals surface area contributed by atoms with Crippen LogP contribution >= 0.6 is 0 Å². The molecule has 0 amide bonds. The van der Waals surface area contributed by atoms with Crippen molar-refractivity contribution >= 4 is 11.7 Å². The van der Waals surface area contributed by atoms with Crippen LogP contribution in [0.2, 0.25) is 0 Å². The van der Waals surface area contributed by atoms with Gasteiger partial charge in [-0.05, 0) is 37.1 Å². The zero-order valence-electron chi connectivity index (χ0n) is 12.5. The Morgan fingerprint density at radius 1 is 0.955 bits per heavy atom. The first-order chi connectivity index (χ1) is 10.4. The van der Waals surface area contributed by atoms with Crippen LogP contribution < -0.4 is 5.32 Å². The summed E-state index contributed by atoms with van der Waals surface area (Å²) in [7, 11) is 0. The minimum atomic E-state index is -4.03. The molecule has 0 saturated heterocycles. The van der Waals surface area contributed by atoms with Gasteiger partial charge in [0.2, 0.25) is 0 Å². The molecule has 0 aliphatic carbocycles. The highest BCUT2D eigenvalue weighted by atomic mass is 19.4. The van der Waals surface area contributed by atoms with E-state index in [1.807, 2.05) is 0 Å². The van der Waals surface area contributed by atoms with Gasteiger partial charge in [-0.1, -0.05) is 25.7 Å². The highest BCUT2D eigenvalue weighted by Gasteiger charge is 2.25. The normalized spacial score (nSPS) is 11.4. The van der Waals surface area contributed by atoms with Gasteiger partial charge >= 0.3 is 12.1 Å². The third-order valence-electron chi connectivity index (χ3n) is 3.35. The van der Waals surface area contributed by atoms with Crippen molar-refractivity contribution in [2.24, 2.45) is 0 Å². The molecule has 3 nitrogen and oxygen atoms in total. The summed E-state index contributed by atoms with van der Waals surface area (Å²) in [4.78, 5) is 10.7. The summed E-state index contributed by atoms with van der Waals surface area (Å²) < 4.78 is 35.8. The van der Waals surface area contributed by atoms with Crippen molar-refractivity contribution in [2.75, 3.05) is 11.9 Å². The zero-order chi connectivity index (χ0) is 16.4. The number of hydrogen-bond acceptors (Lipinski definition) is 2. The lowest BCUT2D eigenvalue weighted by Crippen LogP contribution is -2.06. The Hall–Kier alpha value is -1.72. The molecule has 0 spiro atoms. The maximum atomic E-state index is 11.9. The van der Waals surface area contributed by atoms with Crippen molar-refractivity contribution in [3.8, 4) is 0 Å². The summed E-state index contributed by atoms with van der Waals surface area (Å²) in [6.45, 7) is 0.773. The van der Waals surface area contributed by atoms with Crippen LogP contribution in [-0.4, -0.2) is 23.8 Å². The number of rotatable bonds is 10. The highest BCUT2D eigenvalue weighted by Crippen LogP contribution is 2.23. The number of alkyl halides is 3. The number of hydrogen-bond donors (Lipinski definition) is 2. The number of halogens is 3. The fraction of sp³-hybridized carbons (Fsp3) is 0.562. The van der Waals surface area contributed by atoms with Gasteiger partial charge in [0.15, 0.2) is 0 Å². The Labute approximate surface area is 128 Å². The van der Waals surface area contributed by atoms with E-state index in [0.29, 0.717) is 6.42 Å². The molecular weight excluding hydrogens is 295 g/mol. The lowest BCUT2D eigenvalue weighted by Gasteiger charge is -2.07. The van der Waals surface area contributed by atoms with E-state index in [9.17, 15) is 18.0 Å². The van der Waals surface area contributed by atoms with Gasteiger partial charge < -0.3 is 10.4 Å². The molecule has 0 aliphatic heterocycles. The van der Waals surface area contributed by atoms with Crippen molar-refractivity contribution in [1.82, 2.24) is 0 Å². The average Bonchev–Trinajstić information content (AvgIpc) is 2.45. The second kappa shape index (κ2) is 9.33. The number of carboxylic acids is 1. The Morgan fingerprint density at radius 2 is 1.50 bits per heavy atom. The smallest absolute Gasteiger partial charge is 0.389 e. The molecule has 1 aromatic rings. The zero-order valence-corrected chi connectivity index (χ0v) is 12.5. The van der Waals surface area contributed by atoms with E-state index in [2.05, 4.69) is 5.32 Å². The maximum absolute atomic E-state index is 11.9. The quantitative estimate of drug-likeness (QED) is 0.591. The lowest BCUT2D eigenvalue weighted by atomic mass is 10.1. The maximum Gasteiger partial charge on any atom is 0.389 e. The van der Waals surface area contributed by atoms with Crippen LogP contribution in [-0.2, 0) is 0 Å². The first kappa shape index (κ1) is 18.3. The molecule has 0 atom stereocenters. The summed E-state index contributed by atoms with van der Waals surface area (Å²) in [6, 6.07) is 6.54. The van der Waals surface area contributed by atoms with Crippen LogP contribution in [0.1, 0.15) is 55.3 Å². The number of benzene rings is 1. The van der Waals surface area contributed by atoms with E-state index in [1.54, 1.807) is 24.3 Å². The number of anilines is 1. The van der Waals surface area contributed by atoms with Crippen LogP contribution in [0.5, 0.6) is 0 Å². The van der Waals surface area contributed by atoms with Gasteiger partial charge in [-0.3, -0.25) is 0 Å². The number of unbranched alkanes of at least 4 members (excludes halogenated alkanes) is 5. The van der Waals surface area contributed by atoms with Crippen molar-refractivity contribution in [3.05, 3.63) is 29.8 Å². The largest absolute Gasteiger partial charge is 0.478 e. The third-order valence-corrected chi connectivity index (χ3v) is 3.35. The van der Waals surface area contributed by atoms with E-state index in [4.69, 9.17) is 5.11 Å². The minimum absolute atomic E-state index is 0.220. The Kier molecular flexibility index (Phi) is 7.77. The van der Waals surface area contributed by atoms with Gasteiger partial charge in [-0.2, -0.15) is 13.2 Å². The molecule has 6 heteroatoms. The Balaban J connectivity index is 2.00. The molecule has 0 fully saturated rings. The summed E-state index contributed by atoms with van der Waals surface area (Å²) >= 11 is 0. The van der Waals surface area contributed by atoms with Crippen LogP contribution in [0.25, 0.3) is 0 Å². The monoisotopic (exact) mass is 317 g/mol. The summed E-state index contributed by atoms with van der Waals surface area (Å²) in [6.07, 6.45) is -0.157. The van der Waals surface area contributed by atoms with E-state index in [-0.39, 0.29) is 12.0 Å². The first-order valence-corrected chi connectivity index (χ1v) is 7.52. The van der Waals surface area contributed by atoms with E-state index < -0.39 is 18.6 Å². The number of carboxylic acid groups (broad SMARTS) is 1. The van der Waals surface area contributed by atoms with Crippen molar-refractivity contribution in [1.29, 1.82) is 0 Å². The fourth-order valence-electron chi connectivity index (χ4n) is 2.12. The van der Waals surface area contributed by atoms with Crippen LogP contribution in [0.4, 0.5) is 18.9 Å². The molecule has 0 radical (unpaired) electrons. The van der Waals surface area contributed by atoms with Gasteiger partial charge in [-0.25, -0.2) is 4.79 Å². The first-order valence-electron chi connectivity index (χ1n) is 7.52. The van der Waals surface area contributed by atoms with Crippen molar-refractivity contribution in [3.63, 3.8) is 0 Å². The van der Waals surface area contributed by atoms with E-state index in [0.717, 1.165) is 37.9 Å². The Morgan fingerprint density at radius 3 is 2.05 bits per heavy atom. The predicted octanol–water partition coefficient (Wildman–Crippen LogP) is 5.09. The van der Waals surface area contributed by atoms with Crippen LogP contribution in [0.3, 0.4) is 0 Å². The summed E-state index contributed by atoms with van der Waals surface area (Å²) in [5, 5.41) is 12.0. The third kappa shape index (κ3) is 8.54. The molecule has 2 N–H and O–H groups in total. The molecule has 0 aliphatic rings. The standard InChI is InChI=1S/C16H22F3NO2/c17-16(18,19)11-5-3-1-2-4-6-12-20-14-9-7-13(8-10-14)15(21)22/h7-10,20H,1-6,11-12H2,(H,21,22). The van der Waals surface area contributed by atoms with Gasteiger partial charge in [0.25, 0.3) is 0 Å². The fourth-order valence-corrected chi connectivity index (χ4v) is 2.12. The second-order valence-electron chi connectivity index (χ2n) is 5.30. The molecule has 0 aromatic heterocycles. The van der Waals surface area contributed by atoms with E-state index in [1.165, 1.54) is 0 Å². The van der Waals surface area contributed by atoms with Gasteiger partial charge in [-0.15, -0.1) is 0 Å². The SMILES string of the molecule is O=C(O)c1ccc(NCCCCCCCCC(F)(F)F)cc1. The summed E-state index contributed by atoms with van der Waals surface area (Å²) in [5.74, 6) is -0.947. The molecule has 0 unspecified atom stereocenters. The molecule has 1 rings (SSSR count). The Bertz CT molecular complexity index is 444. The lowest BCUT2D eigenvalue weighted by molar-refractivity contribution is -0.135. The molecule has 1 aromatic carbocycles. The molecular formula is C16H22F3NO2. The van der Waals surface area contributed by atoms with Gasteiger partial charge in [0, 0.05) is 18.7 Å². The molecule has 0 heterocycles. The topological polar surface area (TPSA) is 49.3 Å². The van der Waals surface area contributed by atoms with Crippen LogP contribution in [0.15, 0.2) is 24.3 Å². The predicted molar refractivity (Wildman–Crippen MR) is 80.3 cm³/mol. The number of carbonyl (C=O) groups is 1. The van der Waals surface area contributed by atoms with Crippen molar-refractivity contribution < 1.29 is 23.1 Å². The number of nitrogens with one attached hydrogen (secondary N) is 1. The summed E-state index contributed by atoms with van der Waals surface area (Å²) in [5.41, 5.74) is 1.12. The van der Waals surface area contributed by atoms with Crippen molar-refractivity contribution in [2.45, 2.75) is 51.1 Å². The minimum Gasteiger partial charge on any atom is -0.478 e. The highest BCUT2D eigenvalue weighted by molar-refractivity contribution is 5.87. The second-order valence-corrected chi connectivity index (χ2v) is 5.30. The molecule has 0 bridgehead atoms. The van der Waals surface area contributed by atoms with Crippen LogP contribution in [0, 0.1) is 0 Å². The molecule has 0 saturated carbocycles. The number of aromatic carboxylic acids is 1. The van der Waals surface area contributed by atoms with E-state index >= 15 is 0 Å². The molecule has 22 heavy (non-hydrogen) atoms. The van der Waals surface area contributed by atoms with Gasteiger partial charge in [0.1, 0.15) is 0 Å².